The van der Waals surface area contributed by atoms with E-state index in [1.54, 1.807) is 0 Å². The van der Waals surface area contributed by atoms with Crippen molar-refractivity contribution in [1.82, 2.24) is 9.80 Å². The minimum Gasteiger partial charge on any atom is -0.378 e. The van der Waals surface area contributed by atoms with E-state index < -0.39 is 0 Å². The average molecular weight is 283 g/mol. The van der Waals surface area contributed by atoms with E-state index in [1.165, 1.54) is 32.7 Å². The lowest BCUT2D eigenvalue weighted by molar-refractivity contribution is -0.0829. The second kappa shape index (κ2) is 7.21. The average Bonchev–Trinajstić information content (AvgIpc) is 2.47. The molecule has 0 aromatic heterocycles. The van der Waals surface area contributed by atoms with Crippen molar-refractivity contribution in [3.8, 4) is 0 Å². The minimum atomic E-state index is 0.197. The van der Waals surface area contributed by atoms with Crippen LogP contribution in [0.15, 0.2) is 0 Å². The predicted molar refractivity (Wildman–Crippen MR) is 83.9 cm³/mol. The Hall–Kier alpha value is -0.160. The van der Waals surface area contributed by atoms with E-state index >= 15 is 0 Å². The molecular weight excluding hydrogens is 250 g/mol. The van der Waals surface area contributed by atoms with Crippen LogP contribution in [0.25, 0.3) is 0 Å². The smallest absolute Gasteiger partial charge is 0.0590 e. The maximum Gasteiger partial charge on any atom is 0.0590 e. The summed E-state index contributed by atoms with van der Waals surface area (Å²) < 4.78 is 5.86. The molecule has 2 aliphatic rings. The number of nitrogens with zero attached hydrogens (tertiary/aromatic N) is 2. The Kier molecular flexibility index (Phi) is 5.84. The number of hydrogen-bond donors (Lipinski definition) is 1. The zero-order valence-electron chi connectivity index (χ0n) is 13.6. The van der Waals surface area contributed by atoms with E-state index in [2.05, 4.69) is 30.6 Å². The zero-order chi connectivity index (χ0) is 14.6. The molecule has 0 spiro atoms. The maximum atomic E-state index is 6.19. The van der Waals surface area contributed by atoms with Gasteiger partial charge in [0.25, 0.3) is 0 Å². The second-order valence-electron chi connectivity index (χ2n) is 6.97. The normalized spacial score (nSPS) is 33.8. The van der Waals surface area contributed by atoms with Crippen LogP contribution in [-0.4, -0.2) is 67.3 Å². The SMILES string of the molecule is CCC1CC(CN)(N2CCN(CC(C)C)CC2)CCO1. The van der Waals surface area contributed by atoms with Gasteiger partial charge in [-0.25, -0.2) is 0 Å². The third-order valence-electron chi connectivity index (χ3n) is 5.03. The quantitative estimate of drug-likeness (QED) is 0.831. The Labute approximate surface area is 124 Å². The molecule has 2 rings (SSSR count). The predicted octanol–water partition coefficient (Wildman–Crippen LogP) is 1.55. The van der Waals surface area contributed by atoms with Crippen molar-refractivity contribution in [2.45, 2.75) is 51.7 Å². The molecule has 0 radical (unpaired) electrons. The first-order valence-corrected chi connectivity index (χ1v) is 8.38. The van der Waals surface area contributed by atoms with Crippen molar-refractivity contribution in [3.05, 3.63) is 0 Å². The molecule has 2 N–H and O–H groups in total. The highest BCUT2D eigenvalue weighted by molar-refractivity contribution is 4.97. The monoisotopic (exact) mass is 283 g/mol. The maximum absolute atomic E-state index is 6.19. The molecular formula is C16H33N3O. The first kappa shape index (κ1) is 16.2. The Morgan fingerprint density at radius 2 is 1.95 bits per heavy atom. The summed E-state index contributed by atoms with van der Waals surface area (Å²) in [4.78, 5) is 5.26. The molecule has 2 unspecified atom stereocenters. The van der Waals surface area contributed by atoms with Crippen LogP contribution in [0, 0.1) is 5.92 Å². The van der Waals surface area contributed by atoms with Gasteiger partial charge in [0.05, 0.1) is 6.10 Å². The Balaban J connectivity index is 1.92. The highest BCUT2D eigenvalue weighted by Crippen LogP contribution is 2.32. The van der Waals surface area contributed by atoms with E-state index in [0.717, 1.165) is 38.3 Å². The molecule has 4 heteroatoms. The molecule has 2 fully saturated rings. The Bertz CT molecular complexity index is 289. The lowest BCUT2D eigenvalue weighted by Crippen LogP contribution is -2.63. The first-order chi connectivity index (χ1) is 9.59. The molecule has 2 heterocycles. The van der Waals surface area contributed by atoms with Gasteiger partial charge in [0.1, 0.15) is 0 Å². The van der Waals surface area contributed by atoms with Crippen molar-refractivity contribution < 1.29 is 4.74 Å². The lowest BCUT2D eigenvalue weighted by atomic mass is 9.83. The van der Waals surface area contributed by atoms with Gasteiger partial charge in [-0.05, 0) is 25.2 Å². The van der Waals surface area contributed by atoms with Crippen molar-refractivity contribution in [2.24, 2.45) is 11.7 Å². The summed E-state index contributed by atoms with van der Waals surface area (Å²) >= 11 is 0. The molecule has 2 saturated heterocycles. The highest BCUT2D eigenvalue weighted by Gasteiger charge is 2.41. The lowest BCUT2D eigenvalue weighted by Gasteiger charge is -2.51. The van der Waals surface area contributed by atoms with Gasteiger partial charge in [-0.3, -0.25) is 4.90 Å². The standard InChI is InChI=1S/C16H33N3O/c1-4-15-11-16(13-17,5-10-20-15)19-8-6-18(7-9-19)12-14(2)3/h14-15H,4-13,17H2,1-3H3. The summed E-state index contributed by atoms with van der Waals surface area (Å²) in [5.74, 6) is 0.762. The van der Waals surface area contributed by atoms with Crippen LogP contribution >= 0.6 is 0 Å². The van der Waals surface area contributed by atoms with Crippen molar-refractivity contribution in [3.63, 3.8) is 0 Å². The fourth-order valence-corrected chi connectivity index (χ4v) is 3.79. The first-order valence-electron chi connectivity index (χ1n) is 8.38. The molecule has 0 aromatic rings. The van der Waals surface area contributed by atoms with Crippen LogP contribution in [0.1, 0.15) is 40.0 Å². The fraction of sp³-hybridized carbons (Fsp3) is 1.00. The molecule has 0 amide bonds. The minimum absolute atomic E-state index is 0.197. The second-order valence-corrected chi connectivity index (χ2v) is 6.97. The number of piperazine rings is 1. The summed E-state index contributed by atoms with van der Waals surface area (Å²) in [6.07, 6.45) is 3.73. The van der Waals surface area contributed by atoms with E-state index in [4.69, 9.17) is 10.5 Å². The van der Waals surface area contributed by atoms with Crippen LogP contribution in [0.4, 0.5) is 0 Å². The van der Waals surface area contributed by atoms with Gasteiger partial charge in [-0.15, -0.1) is 0 Å². The Morgan fingerprint density at radius 1 is 1.25 bits per heavy atom. The Morgan fingerprint density at radius 3 is 2.50 bits per heavy atom. The third-order valence-corrected chi connectivity index (χ3v) is 5.03. The van der Waals surface area contributed by atoms with Gasteiger partial charge in [0.2, 0.25) is 0 Å². The van der Waals surface area contributed by atoms with Gasteiger partial charge in [-0.2, -0.15) is 0 Å². The summed E-state index contributed by atoms with van der Waals surface area (Å²) in [6, 6.07) is 0. The molecule has 20 heavy (non-hydrogen) atoms. The van der Waals surface area contributed by atoms with E-state index in [9.17, 15) is 0 Å². The zero-order valence-corrected chi connectivity index (χ0v) is 13.6. The summed E-state index contributed by atoms with van der Waals surface area (Å²) in [6.45, 7) is 14.4. The van der Waals surface area contributed by atoms with Crippen molar-refractivity contribution in [2.75, 3.05) is 45.9 Å². The van der Waals surface area contributed by atoms with Gasteiger partial charge < -0.3 is 15.4 Å². The van der Waals surface area contributed by atoms with Crippen LogP contribution in [0.2, 0.25) is 0 Å². The van der Waals surface area contributed by atoms with E-state index in [0.29, 0.717) is 6.10 Å². The van der Waals surface area contributed by atoms with Crippen LogP contribution < -0.4 is 5.73 Å². The number of ether oxygens (including phenoxy) is 1. The molecule has 0 bridgehead atoms. The molecule has 2 atom stereocenters. The van der Waals surface area contributed by atoms with Gasteiger partial charge in [-0.1, -0.05) is 20.8 Å². The molecule has 2 aliphatic heterocycles. The van der Waals surface area contributed by atoms with Crippen LogP contribution in [0.5, 0.6) is 0 Å². The molecule has 118 valence electrons. The number of hydrogen-bond acceptors (Lipinski definition) is 4. The largest absolute Gasteiger partial charge is 0.378 e. The highest BCUT2D eigenvalue weighted by atomic mass is 16.5. The van der Waals surface area contributed by atoms with Gasteiger partial charge in [0.15, 0.2) is 0 Å². The summed E-state index contributed by atoms with van der Waals surface area (Å²) in [7, 11) is 0. The van der Waals surface area contributed by atoms with Crippen molar-refractivity contribution in [1.29, 1.82) is 0 Å². The third kappa shape index (κ3) is 3.73. The summed E-state index contributed by atoms with van der Waals surface area (Å²) in [5, 5.41) is 0. The van der Waals surface area contributed by atoms with E-state index in [1.807, 2.05) is 0 Å². The fourth-order valence-electron chi connectivity index (χ4n) is 3.79. The van der Waals surface area contributed by atoms with Crippen molar-refractivity contribution >= 4 is 0 Å². The van der Waals surface area contributed by atoms with E-state index in [-0.39, 0.29) is 5.54 Å². The topological polar surface area (TPSA) is 41.7 Å². The van der Waals surface area contributed by atoms with Gasteiger partial charge in [0, 0.05) is 51.4 Å². The number of nitrogens with two attached hydrogens (primary N) is 1. The molecule has 0 aliphatic carbocycles. The molecule has 0 aromatic carbocycles. The van der Waals surface area contributed by atoms with Crippen LogP contribution in [-0.2, 0) is 4.74 Å². The molecule has 4 nitrogen and oxygen atoms in total. The number of rotatable bonds is 5. The van der Waals surface area contributed by atoms with Gasteiger partial charge >= 0.3 is 0 Å². The summed E-state index contributed by atoms with van der Waals surface area (Å²) in [5.41, 5.74) is 6.39. The van der Waals surface area contributed by atoms with Crippen LogP contribution in [0.3, 0.4) is 0 Å². The molecule has 0 saturated carbocycles.